The van der Waals surface area contributed by atoms with E-state index in [4.69, 9.17) is 14.2 Å². The Morgan fingerprint density at radius 1 is 1.08 bits per heavy atom. The van der Waals surface area contributed by atoms with E-state index >= 15 is 4.39 Å². The van der Waals surface area contributed by atoms with Gasteiger partial charge in [-0.25, -0.2) is 9.18 Å². The third-order valence-corrected chi connectivity index (χ3v) is 6.71. The average Bonchev–Trinajstić information content (AvgIpc) is 2.87. The van der Waals surface area contributed by atoms with Crippen LogP contribution in [-0.2, 0) is 30.5 Å². The summed E-state index contributed by atoms with van der Waals surface area (Å²) in [5.74, 6) is -4.11. The molecule has 0 amide bonds. The number of benzene rings is 2. The van der Waals surface area contributed by atoms with E-state index in [9.17, 15) is 14.4 Å². The number of allylic oxidation sites excluding steroid dienone is 3. The van der Waals surface area contributed by atoms with Crippen molar-refractivity contribution in [2.24, 2.45) is 11.8 Å². The molecule has 1 N–H and O–H groups in total. The molecular weight excluding hydrogens is 465 g/mol. The molecule has 1 heterocycles. The van der Waals surface area contributed by atoms with Crippen LogP contribution in [0.5, 0.6) is 5.75 Å². The largest absolute Gasteiger partial charge is 0.497 e. The van der Waals surface area contributed by atoms with Crippen molar-refractivity contribution in [1.29, 1.82) is 0 Å². The van der Waals surface area contributed by atoms with E-state index in [0.29, 0.717) is 23.6 Å². The second-order valence-electron chi connectivity index (χ2n) is 8.98. The van der Waals surface area contributed by atoms with Crippen LogP contribution >= 0.6 is 0 Å². The van der Waals surface area contributed by atoms with E-state index in [1.807, 2.05) is 0 Å². The molecule has 0 saturated carbocycles. The zero-order valence-electron chi connectivity index (χ0n) is 20.6. The predicted molar refractivity (Wildman–Crippen MR) is 129 cm³/mol. The van der Waals surface area contributed by atoms with Crippen LogP contribution in [0.2, 0.25) is 0 Å². The lowest BCUT2D eigenvalue weighted by Crippen LogP contribution is -2.43. The molecule has 2 aliphatic rings. The van der Waals surface area contributed by atoms with Crippen LogP contribution < -0.4 is 10.1 Å². The van der Waals surface area contributed by atoms with Gasteiger partial charge in [0.25, 0.3) is 0 Å². The number of nitrogens with one attached hydrogen (secondary N) is 1. The third kappa shape index (κ3) is 4.63. The van der Waals surface area contributed by atoms with Crippen LogP contribution in [0.3, 0.4) is 0 Å². The molecule has 0 radical (unpaired) electrons. The first-order chi connectivity index (χ1) is 17.3. The lowest BCUT2D eigenvalue weighted by Gasteiger charge is -2.38. The molecule has 0 spiro atoms. The molecule has 0 aromatic heterocycles. The molecule has 1 aliphatic heterocycles. The van der Waals surface area contributed by atoms with Gasteiger partial charge in [0.15, 0.2) is 5.78 Å². The second kappa shape index (κ2) is 10.4. The van der Waals surface area contributed by atoms with Gasteiger partial charge in [0.2, 0.25) is 0 Å². The number of carbonyl (C=O) groups is 3. The molecule has 2 aromatic rings. The van der Waals surface area contributed by atoms with Gasteiger partial charge in [0, 0.05) is 22.5 Å². The lowest BCUT2D eigenvalue weighted by molar-refractivity contribution is -0.151. The number of esters is 2. The Labute approximate surface area is 208 Å². The number of ketones is 1. The quantitative estimate of drug-likeness (QED) is 0.477. The zero-order valence-corrected chi connectivity index (χ0v) is 20.6. The summed E-state index contributed by atoms with van der Waals surface area (Å²) in [5.41, 5.74) is 2.26. The molecule has 1 aliphatic carbocycles. The summed E-state index contributed by atoms with van der Waals surface area (Å²) >= 11 is 0. The van der Waals surface area contributed by atoms with Gasteiger partial charge in [0.1, 0.15) is 24.1 Å². The molecular formula is C28H28FNO6. The summed E-state index contributed by atoms with van der Waals surface area (Å²) in [7, 11) is 2.79. The van der Waals surface area contributed by atoms with Crippen molar-refractivity contribution in [2.75, 3.05) is 14.2 Å². The van der Waals surface area contributed by atoms with Crippen molar-refractivity contribution in [1.82, 2.24) is 5.32 Å². The van der Waals surface area contributed by atoms with Gasteiger partial charge in [-0.15, -0.1) is 0 Å². The van der Waals surface area contributed by atoms with E-state index < -0.39 is 35.4 Å². The van der Waals surface area contributed by atoms with Crippen molar-refractivity contribution in [3.8, 4) is 5.75 Å². The fourth-order valence-corrected chi connectivity index (χ4v) is 4.92. The number of hydrogen-bond acceptors (Lipinski definition) is 7. The van der Waals surface area contributed by atoms with E-state index in [-0.39, 0.29) is 29.2 Å². The van der Waals surface area contributed by atoms with E-state index in [1.54, 1.807) is 57.4 Å². The highest BCUT2D eigenvalue weighted by Crippen LogP contribution is 2.46. The minimum absolute atomic E-state index is 0.0225. The standard InChI is InChI=1S/C28H28FNO6/c1-15-13-21-25(26(31)22(15)27(32)35-4)24(19-7-5-6-8-20(19)29)23(16(2)30-21)28(33)36-14-17-9-11-18(34-3)12-10-17/h5-12,15,22,24,30H,13-14H2,1-4H3/t15-,22+,24+/m0/s1. The predicted octanol–water partition coefficient (Wildman–Crippen LogP) is 4.19. The van der Waals surface area contributed by atoms with Crippen LogP contribution in [-0.4, -0.2) is 31.9 Å². The third-order valence-electron chi connectivity index (χ3n) is 6.71. The van der Waals surface area contributed by atoms with Crippen LogP contribution in [0.1, 0.15) is 37.3 Å². The molecule has 0 bridgehead atoms. The molecule has 3 atom stereocenters. The van der Waals surface area contributed by atoms with Crippen LogP contribution in [0.4, 0.5) is 4.39 Å². The number of rotatable bonds is 6. The second-order valence-corrected chi connectivity index (χ2v) is 8.98. The van der Waals surface area contributed by atoms with Gasteiger partial charge >= 0.3 is 11.9 Å². The van der Waals surface area contributed by atoms with Crippen molar-refractivity contribution in [3.05, 3.63) is 88.0 Å². The fourth-order valence-electron chi connectivity index (χ4n) is 4.92. The minimum Gasteiger partial charge on any atom is -0.497 e. The van der Waals surface area contributed by atoms with Crippen molar-refractivity contribution < 1.29 is 33.0 Å². The number of ether oxygens (including phenoxy) is 3. The molecule has 0 unspecified atom stereocenters. The topological polar surface area (TPSA) is 90.9 Å². The maximum absolute atomic E-state index is 15.1. The number of dihydropyridines is 1. The summed E-state index contributed by atoms with van der Waals surface area (Å²) in [4.78, 5) is 39.6. The van der Waals surface area contributed by atoms with Gasteiger partial charge in [-0.05, 0) is 43.0 Å². The normalized spacial score (nSPS) is 21.5. The highest BCUT2D eigenvalue weighted by molar-refractivity contribution is 6.12. The fraction of sp³-hybridized carbons (Fsp3) is 0.321. The van der Waals surface area contributed by atoms with Crippen LogP contribution in [0.25, 0.3) is 0 Å². The van der Waals surface area contributed by atoms with Crippen molar-refractivity contribution >= 4 is 17.7 Å². The van der Waals surface area contributed by atoms with Crippen LogP contribution in [0.15, 0.2) is 71.1 Å². The molecule has 36 heavy (non-hydrogen) atoms. The Kier molecular flexibility index (Phi) is 7.24. The average molecular weight is 494 g/mol. The zero-order chi connectivity index (χ0) is 26.0. The maximum Gasteiger partial charge on any atom is 0.337 e. The monoisotopic (exact) mass is 493 g/mol. The van der Waals surface area contributed by atoms with Gasteiger partial charge in [-0.2, -0.15) is 0 Å². The van der Waals surface area contributed by atoms with E-state index in [0.717, 1.165) is 5.56 Å². The van der Waals surface area contributed by atoms with Crippen molar-refractivity contribution in [2.45, 2.75) is 32.8 Å². The number of halogens is 1. The summed E-state index contributed by atoms with van der Waals surface area (Å²) in [6.07, 6.45) is 0.372. The Morgan fingerprint density at radius 2 is 1.78 bits per heavy atom. The molecule has 2 aromatic carbocycles. The molecule has 4 rings (SSSR count). The summed E-state index contributed by atoms with van der Waals surface area (Å²) < 4.78 is 30.8. The first-order valence-corrected chi connectivity index (χ1v) is 11.6. The summed E-state index contributed by atoms with van der Waals surface area (Å²) in [5, 5.41) is 3.17. The molecule has 8 heteroatoms. The first kappa shape index (κ1) is 25.2. The highest BCUT2D eigenvalue weighted by Gasteiger charge is 2.47. The number of Topliss-reactive ketones (excluding diaryl/α,β-unsaturated/α-hetero) is 1. The molecule has 0 saturated heterocycles. The summed E-state index contributed by atoms with van der Waals surface area (Å²) in [6, 6.07) is 13.1. The smallest absolute Gasteiger partial charge is 0.337 e. The highest BCUT2D eigenvalue weighted by atomic mass is 19.1. The Morgan fingerprint density at radius 3 is 2.42 bits per heavy atom. The van der Waals surface area contributed by atoms with Gasteiger partial charge in [0.05, 0.1) is 25.7 Å². The number of hydrogen-bond donors (Lipinski definition) is 1. The SMILES string of the molecule is COC(=O)[C@H]1C(=O)C2=C(C[C@@H]1C)NC(C)=C(C(=O)OCc1ccc(OC)cc1)[C@H]2c1ccccc1F. The first-order valence-electron chi connectivity index (χ1n) is 11.6. The number of methoxy groups -OCH3 is 2. The maximum atomic E-state index is 15.1. The Balaban J connectivity index is 1.73. The van der Waals surface area contributed by atoms with Gasteiger partial charge in [-0.3, -0.25) is 9.59 Å². The summed E-state index contributed by atoms with van der Waals surface area (Å²) in [6.45, 7) is 3.47. The minimum atomic E-state index is -1.04. The number of carbonyl (C=O) groups excluding carboxylic acids is 3. The van der Waals surface area contributed by atoms with E-state index in [1.165, 1.54) is 19.2 Å². The Bertz CT molecular complexity index is 1260. The van der Waals surface area contributed by atoms with Crippen molar-refractivity contribution in [3.63, 3.8) is 0 Å². The van der Waals surface area contributed by atoms with Crippen LogP contribution in [0, 0.1) is 17.7 Å². The van der Waals surface area contributed by atoms with Gasteiger partial charge in [-0.1, -0.05) is 37.3 Å². The molecule has 188 valence electrons. The molecule has 0 fully saturated rings. The Hall–Kier alpha value is -3.94. The molecule has 7 nitrogen and oxygen atoms in total. The van der Waals surface area contributed by atoms with Gasteiger partial charge < -0.3 is 19.5 Å². The lowest BCUT2D eigenvalue weighted by atomic mass is 9.69. The van der Waals surface area contributed by atoms with E-state index in [2.05, 4.69) is 5.32 Å².